The molecule has 1 aromatic carbocycles. The summed E-state index contributed by atoms with van der Waals surface area (Å²) in [6.07, 6.45) is 4.64. The predicted molar refractivity (Wildman–Crippen MR) is 81.9 cm³/mol. The predicted octanol–water partition coefficient (Wildman–Crippen LogP) is 3.48. The number of hydrogen-bond acceptors (Lipinski definition) is 3. The van der Waals surface area contributed by atoms with Crippen LogP contribution in [0.4, 0.5) is 0 Å². The number of hydrogen-bond donors (Lipinski definition) is 1. The maximum Gasteiger partial charge on any atom is 0.138 e. The van der Waals surface area contributed by atoms with Crippen molar-refractivity contribution in [2.24, 2.45) is 5.73 Å². The summed E-state index contributed by atoms with van der Waals surface area (Å²) in [7, 11) is 0. The maximum atomic E-state index is 6.40. The summed E-state index contributed by atoms with van der Waals surface area (Å²) in [6.45, 7) is 6.14. The van der Waals surface area contributed by atoms with E-state index in [1.807, 2.05) is 38.2 Å². The Labute approximate surface area is 120 Å². The van der Waals surface area contributed by atoms with Gasteiger partial charge >= 0.3 is 0 Å². The van der Waals surface area contributed by atoms with Gasteiger partial charge in [-0.2, -0.15) is 0 Å². The second kappa shape index (κ2) is 6.53. The van der Waals surface area contributed by atoms with E-state index in [4.69, 9.17) is 10.5 Å². The molecule has 1 aromatic heterocycles. The lowest BCUT2D eigenvalue weighted by Crippen LogP contribution is -2.15. The van der Waals surface area contributed by atoms with Crippen molar-refractivity contribution in [2.75, 3.05) is 0 Å². The first kappa shape index (κ1) is 14.5. The summed E-state index contributed by atoms with van der Waals surface area (Å²) in [5.41, 5.74) is 9.80. The SMILES string of the molecule is CCc1ccccc1C(N)c1cncc(OC(C)C)c1. The minimum absolute atomic E-state index is 0.131. The average molecular weight is 270 g/mol. The van der Waals surface area contributed by atoms with E-state index in [1.54, 1.807) is 6.20 Å². The molecule has 1 heterocycles. The minimum atomic E-state index is -0.172. The lowest BCUT2D eigenvalue weighted by atomic mass is 9.95. The number of nitrogens with two attached hydrogens (primary N) is 1. The summed E-state index contributed by atoms with van der Waals surface area (Å²) in [4.78, 5) is 4.23. The molecule has 0 amide bonds. The van der Waals surface area contributed by atoms with E-state index in [-0.39, 0.29) is 12.1 Å². The first-order chi connectivity index (χ1) is 9.61. The van der Waals surface area contributed by atoms with Crippen LogP contribution in [0, 0.1) is 0 Å². The Morgan fingerprint density at radius 2 is 1.95 bits per heavy atom. The molecule has 0 aliphatic carbocycles. The lowest BCUT2D eigenvalue weighted by Gasteiger charge is -2.17. The maximum absolute atomic E-state index is 6.40. The van der Waals surface area contributed by atoms with Gasteiger partial charge < -0.3 is 10.5 Å². The molecule has 0 saturated carbocycles. The number of rotatable bonds is 5. The van der Waals surface area contributed by atoms with Crippen LogP contribution >= 0.6 is 0 Å². The fourth-order valence-electron chi connectivity index (χ4n) is 2.28. The first-order valence-electron chi connectivity index (χ1n) is 7.06. The van der Waals surface area contributed by atoms with E-state index in [0.29, 0.717) is 0 Å². The van der Waals surface area contributed by atoms with Crippen molar-refractivity contribution in [1.29, 1.82) is 0 Å². The zero-order valence-corrected chi connectivity index (χ0v) is 12.3. The molecule has 0 fully saturated rings. The molecule has 20 heavy (non-hydrogen) atoms. The Kier molecular flexibility index (Phi) is 4.74. The Balaban J connectivity index is 2.30. The monoisotopic (exact) mass is 270 g/mol. The lowest BCUT2D eigenvalue weighted by molar-refractivity contribution is 0.241. The molecule has 0 aliphatic rings. The van der Waals surface area contributed by atoms with Gasteiger partial charge in [-0.15, -0.1) is 0 Å². The molecule has 3 heteroatoms. The molecule has 0 bridgehead atoms. The number of ether oxygens (including phenoxy) is 1. The van der Waals surface area contributed by atoms with Crippen LogP contribution in [-0.4, -0.2) is 11.1 Å². The minimum Gasteiger partial charge on any atom is -0.489 e. The van der Waals surface area contributed by atoms with Crippen molar-refractivity contribution in [3.8, 4) is 5.75 Å². The van der Waals surface area contributed by atoms with Crippen molar-refractivity contribution in [2.45, 2.75) is 39.3 Å². The molecule has 0 aliphatic heterocycles. The zero-order valence-electron chi connectivity index (χ0n) is 12.3. The molecule has 3 nitrogen and oxygen atoms in total. The molecule has 106 valence electrons. The molecule has 1 atom stereocenters. The van der Waals surface area contributed by atoms with Crippen LogP contribution in [0.25, 0.3) is 0 Å². The Morgan fingerprint density at radius 3 is 2.65 bits per heavy atom. The van der Waals surface area contributed by atoms with E-state index in [0.717, 1.165) is 23.3 Å². The van der Waals surface area contributed by atoms with Crippen molar-refractivity contribution in [1.82, 2.24) is 4.98 Å². The van der Waals surface area contributed by atoms with Crippen LogP contribution in [0.2, 0.25) is 0 Å². The molecule has 2 aromatic rings. The third kappa shape index (κ3) is 3.36. The second-order valence-electron chi connectivity index (χ2n) is 5.15. The van der Waals surface area contributed by atoms with Crippen molar-refractivity contribution >= 4 is 0 Å². The van der Waals surface area contributed by atoms with Crippen LogP contribution in [0.1, 0.15) is 43.5 Å². The van der Waals surface area contributed by atoms with Gasteiger partial charge in [0.2, 0.25) is 0 Å². The normalized spacial score (nSPS) is 12.4. The second-order valence-corrected chi connectivity index (χ2v) is 5.15. The number of aromatic nitrogens is 1. The highest BCUT2D eigenvalue weighted by Gasteiger charge is 2.13. The van der Waals surface area contributed by atoms with Gasteiger partial charge in [0.1, 0.15) is 5.75 Å². The molecular weight excluding hydrogens is 248 g/mol. The van der Waals surface area contributed by atoms with Gasteiger partial charge in [-0.25, -0.2) is 0 Å². The molecule has 2 N–H and O–H groups in total. The molecule has 0 saturated heterocycles. The van der Waals surface area contributed by atoms with E-state index >= 15 is 0 Å². The standard InChI is InChI=1S/C17H22N2O/c1-4-13-7-5-6-8-16(13)17(18)14-9-15(11-19-10-14)20-12(2)3/h5-12,17H,4,18H2,1-3H3. The quantitative estimate of drug-likeness (QED) is 0.905. The molecule has 1 unspecified atom stereocenters. The van der Waals surface area contributed by atoms with Crippen LogP contribution in [0.5, 0.6) is 5.75 Å². The third-order valence-corrected chi connectivity index (χ3v) is 3.24. The van der Waals surface area contributed by atoms with Crippen LogP contribution in [0.3, 0.4) is 0 Å². The summed E-state index contributed by atoms with van der Waals surface area (Å²) in [5, 5.41) is 0. The average Bonchev–Trinajstić information content (AvgIpc) is 2.46. The summed E-state index contributed by atoms with van der Waals surface area (Å²) < 4.78 is 5.68. The van der Waals surface area contributed by atoms with Crippen LogP contribution in [0.15, 0.2) is 42.7 Å². The van der Waals surface area contributed by atoms with Gasteiger partial charge in [-0.1, -0.05) is 31.2 Å². The van der Waals surface area contributed by atoms with Gasteiger partial charge in [-0.3, -0.25) is 4.98 Å². The summed E-state index contributed by atoms with van der Waals surface area (Å²) in [6, 6.07) is 10.1. The largest absolute Gasteiger partial charge is 0.489 e. The van der Waals surface area contributed by atoms with Crippen LogP contribution < -0.4 is 10.5 Å². The fraction of sp³-hybridized carbons (Fsp3) is 0.353. The van der Waals surface area contributed by atoms with Gasteiger partial charge in [-0.05, 0) is 43.0 Å². The van der Waals surface area contributed by atoms with E-state index in [1.165, 1.54) is 5.56 Å². The Morgan fingerprint density at radius 1 is 1.20 bits per heavy atom. The van der Waals surface area contributed by atoms with Gasteiger partial charge in [0, 0.05) is 6.20 Å². The van der Waals surface area contributed by atoms with E-state index in [9.17, 15) is 0 Å². The molecule has 2 rings (SSSR count). The van der Waals surface area contributed by atoms with Crippen molar-refractivity contribution < 1.29 is 4.74 Å². The summed E-state index contributed by atoms with van der Waals surface area (Å²) in [5.74, 6) is 0.766. The third-order valence-electron chi connectivity index (χ3n) is 3.24. The number of benzene rings is 1. The zero-order chi connectivity index (χ0) is 14.5. The fourth-order valence-corrected chi connectivity index (χ4v) is 2.28. The van der Waals surface area contributed by atoms with E-state index in [2.05, 4.69) is 24.0 Å². The topological polar surface area (TPSA) is 48.1 Å². The van der Waals surface area contributed by atoms with Gasteiger partial charge in [0.05, 0.1) is 18.3 Å². The Bertz CT molecular complexity index is 566. The van der Waals surface area contributed by atoms with Gasteiger partial charge in [0.25, 0.3) is 0 Å². The summed E-state index contributed by atoms with van der Waals surface area (Å²) >= 11 is 0. The highest BCUT2D eigenvalue weighted by atomic mass is 16.5. The highest BCUT2D eigenvalue weighted by Crippen LogP contribution is 2.25. The molecule has 0 radical (unpaired) electrons. The van der Waals surface area contributed by atoms with E-state index < -0.39 is 0 Å². The Hall–Kier alpha value is -1.87. The smallest absolute Gasteiger partial charge is 0.138 e. The molecular formula is C17H22N2O. The number of pyridine rings is 1. The molecule has 0 spiro atoms. The first-order valence-corrected chi connectivity index (χ1v) is 7.06. The van der Waals surface area contributed by atoms with Crippen molar-refractivity contribution in [3.05, 3.63) is 59.4 Å². The van der Waals surface area contributed by atoms with Crippen molar-refractivity contribution in [3.63, 3.8) is 0 Å². The van der Waals surface area contributed by atoms with Gasteiger partial charge in [0.15, 0.2) is 0 Å². The number of nitrogens with zero attached hydrogens (tertiary/aromatic N) is 1. The highest BCUT2D eigenvalue weighted by molar-refractivity contribution is 5.38. The van der Waals surface area contributed by atoms with Crippen LogP contribution in [-0.2, 0) is 6.42 Å². The number of aryl methyl sites for hydroxylation is 1.